The van der Waals surface area contributed by atoms with Crippen molar-refractivity contribution in [2.45, 2.75) is 6.42 Å². The lowest BCUT2D eigenvalue weighted by molar-refractivity contribution is 1.19. The molecule has 0 amide bonds. The van der Waals surface area contributed by atoms with E-state index in [0.29, 0.717) is 0 Å². The predicted molar refractivity (Wildman–Crippen MR) is 76.6 cm³/mol. The lowest BCUT2D eigenvalue weighted by Gasteiger charge is -2.06. The SMILES string of the molecule is C=Cc1cc(CCI)cc2ccccc12. The molecule has 0 N–H and O–H groups in total. The van der Waals surface area contributed by atoms with E-state index >= 15 is 0 Å². The Kier molecular flexibility index (Phi) is 3.41. The highest BCUT2D eigenvalue weighted by molar-refractivity contribution is 14.1. The third-order valence-electron chi connectivity index (χ3n) is 2.56. The molecule has 0 spiro atoms. The van der Waals surface area contributed by atoms with Gasteiger partial charge in [0.05, 0.1) is 0 Å². The Bertz CT molecular complexity index is 486. The van der Waals surface area contributed by atoms with Crippen molar-refractivity contribution in [3.8, 4) is 0 Å². The fraction of sp³-hybridized carbons (Fsp3) is 0.143. The molecule has 2 aromatic rings. The van der Waals surface area contributed by atoms with Crippen molar-refractivity contribution in [1.29, 1.82) is 0 Å². The summed E-state index contributed by atoms with van der Waals surface area (Å²) in [6.07, 6.45) is 3.07. The van der Waals surface area contributed by atoms with Crippen LogP contribution < -0.4 is 0 Å². The van der Waals surface area contributed by atoms with Crippen molar-refractivity contribution in [3.63, 3.8) is 0 Å². The molecule has 76 valence electrons. The quantitative estimate of drug-likeness (QED) is 0.580. The standard InChI is InChI=1S/C14H13I/c1-2-12-9-11(7-8-15)10-13-5-3-4-6-14(12)13/h2-6,9-10H,1,7-8H2. The summed E-state index contributed by atoms with van der Waals surface area (Å²) < 4.78 is 1.16. The highest BCUT2D eigenvalue weighted by Crippen LogP contribution is 2.22. The summed E-state index contributed by atoms with van der Waals surface area (Å²) in [5.74, 6) is 0. The van der Waals surface area contributed by atoms with E-state index in [0.717, 1.165) is 10.8 Å². The summed E-state index contributed by atoms with van der Waals surface area (Å²) in [5.41, 5.74) is 2.64. The Balaban J connectivity index is 2.65. The first-order valence-corrected chi connectivity index (χ1v) is 6.58. The van der Waals surface area contributed by atoms with Gasteiger partial charge in [-0.15, -0.1) is 0 Å². The van der Waals surface area contributed by atoms with Gasteiger partial charge in [0.2, 0.25) is 0 Å². The molecular formula is C14H13I. The Labute approximate surface area is 104 Å². The number of aryl methyl sites for hydroxylation is 1. The Morgan fingerprint density at radius 1 is 1.20 bits per heavy atom. The van der Waals surface area contributed by atoms with Crippen molar-refractivity contribution in [2.75, 3.05) is 4.43 Å². The van der Waals surface area contributed by atoms with Gasteiger partial charge < -0.3 is 0 Å². The Morgan fingerprint density at radius 2 is 2.00 bits per heavy atom. The summed E-state index contributed by atoms with van der Waals surface area (Å²) in [6, 6.07) is 13.0. The van der Waals surface area contributed by atoms with E-state index in [2.05, 4.69) is 65.6 Å². The van der Waals surface area contributed by atoms with Crippen LogP contribution in [-0.2, 0) is 6.42 Å². The van der Waals surface area contributed by atoms with Crippen LogP contribution in [0.25, 0.3) is 16.8 Å². The third-order valence-corrected chi connectivity index (χ3v) is 3.10. The molecule has 15 heavy (non-hydrogen) atoms. The minimum absolute atomic E-state index is 1.13. The first kappa shape index (κ1) is 10.7. The van der Waals surface area contributed by atoms with Gasteiger partial charge in [-0.2, -0.15) is 0 Å². The summed E-state index contributed by atoms with van der Waals surface area (Å²) in [5, 5.41) is 2.61. The summed E-state index contributed by atoms with van der Waals surface area (Å²) in [6.45, 7) is 3.88. The smallest absolute Gasteiger partial charge is 0.00358 e. The molecule has 0 unspecified atom stereocenters. The average Bonchev–Trinajstić information content (AvgIpc) is 2.28. The largest absolute Gasteiger partial charge is 0.0984 e. The fourth-order valence-corrected chi connectivity index (χ4v) is 2.45. The molecule has 0 bridgehead atoms. The minimum Gasteiger partial charge on any atom is -0.0984 e. The normalized spacial score (nSPS) is 10.5. The molecule has 0 atom stereocenters. The van der Waals surface area contributed by atoms with Crippen molar-refractivity contribution in [1.82, 2.24) is 0 Å². The van der Waals surface area contributed by atoms with Crippen LogP contribution in [0, 0.1) is 0 Å². The number of hydrogen-bond donors (Lipinski definition) is 0. The van der Waals surface area contributed by atoms with Gasteiger partial charge >= 0.3 is 0 Å². The van der Waals surface area contributed by atoms with Gasteiger partial charge in [-0.3, -0.25) is 0 Å². The van der Waals surface area contributed by atoms with Gasteiger partial charge in [0.25, 0.3) is 0 Å². The molecule has 0 nitrogen and oxygen atoms in total. The molecule has 0 aliphatic carbocycles. The maximum Gasteiger partial charge on any atom is 0.00358 e. The monoisotopic (exact) mass is 308 g/mol. The molecule has 0 fully saturated rings. The topological polar surface area (TPSA) is 0 Å². The van der Waals surface area contributed by atoms with Gasteiger partial charge in [0.1, 0.15) is 0 Å². The summed E-state index contributed by atoms with van der Waals surface area (Å²) >= 11 is 2.41. The van der Waals surface area contributed by atoms with Crippen LogP contribution in [0.15, 0.2) is 43.0 Å². The fourth-order valence-electron chi connectivity index (χ4n) is 1.83. The first-order chi connectivity index (χ1) is 7.35. The average molecular weight is 308 g/mol. The highest BCUT2D eigenvalue weighted by atomic mass is 127. The maximum atomic E-state index is 3.88. The number of fused-ring (bicyclic) bond motifs is 1. The second kappa shape index (κ2) is 4.79. The van der Waals surface area contributed by atoms with Crippen molar-refractivity contribution in [3.05, 3.63) is 54.1 Å². The zero-order chi connectivity index (χ0) is 10.7. The van der Waals surface area contributed by atoms with Gasteiger partial charge in [-0.1, -0.05) is 71.6 Å². The van der Waals surface area contributed by atoms with E-state index in [-0.39, 0.29) is 0 Å². The number of hydrogen-bond acceptors (Lipinski definition) is 0. The van der Waals surface area contributed by atoms with Crippen LogP contribution in [0.1, 0.15) is 11.1 Å². The highest BCUT2D eigenvalue weighted by Gasteiger charge is 2.00. The molecule has 0 heterocycles. The molecule has 0 aliphatic rings. The van der Waals surface area contributed by atoms with Crippen molar-refractivity contribution < 1.29 is 0 Å². The number of benzene rings is 2. The van der Waals surface area contributed by atoms with E-state index in [4.69, 9.17) is 0 Å². The van der Waals surface area contributed by atoms with E-state index < -0.39 is 0 Å². The summed E-state index contributed by atoms with van der Waals surface area (Å²) in [7, 11) is 0. The molecule has 2 aromatic carbocycles. The second-order valence-corrected chi connectivity index (χ2v) is 4.63. The molecule has 0 saturated carbocycles. The van der Waals surface area contributed by atoms with Gasteiger partial charge in [0.15, 0.2) is 0 Å². The Hall–Kier alpha value is -0.830. The molecule has 0 aliphatic heterocycles. The second-order valence-electron chi connectivity index (χ2n) is 3.55. The van der Waals surface area contributed by atoms with Crippen LogP contribution in [-0.4, -0.2) is 4.43 Å². The van der Waals surface area contributed by atoms with E-state index in [1.807, 2.05) is 6.08 Å². The lowest BCUT2D eigenvalue weighted by atomic mass is 10.00. The number of alkyl halides is 1. The molecule has 0 saturated heterocycles. The predicted octanol–water partition coefficient (Wildman–Crippen LogP) is 4.46. The maximum absolute atomic E-state index is 3.88. The Morgan fingerprint density at radius 3 is 2.73 bits per heavy atom. The van der Waals surface area contributed by atoms with Gasteiger partial charge in [-0.05, 0) is 28.3 Å². The summed E-state index contributed by atoms with van der Waals surface area (Å²) in [4.78, 5) is 0. The zero-order valence-electron chi connectivity index (χ0n) is 8.54. The van der Waals surface area contributed by atoms with Gasteiger partial charge in [0, 0.05) is 4.43 Å². The molecule has 0 radical (unpaired) electrons. The van der Waals surface area contributed by atoms with Crippen LogP contribution in [0.3, 0.4) is 0 Å². The minimum atomic E-state index is 1.13. The zero-order valence-corrected chi connectivity index (χ0v) is 10.7. The lowest BCUT2D eigenvalue weighted by Crippen LogP contribution is -1.88. The van der Waals surface area contributed by atoms with Crippen molar-refractivity contribution >= 4 is 39.4 Å². The van der Waals surface area contributed by atoms with Crippen LogP contribution in [0.5, 0.6) is 0 Å². The molecular weight excluding hydrogens is 295 g/mol. The van der Waals surface area contributed by atoms with E-state index in [1.54, 1.807) is 0 Å². The number of rotatable bonds is 3. The van der Waals surface area contributed by atoms with Crippen LogP contribution in [0.2, 0.25) is 0 Å². The molecule has 0 aromatic heterocycles. The molecule has 2 rings (SSSR count). The van der Waals surface area contributed by atoms with Crippen molar-refractivity contribution in [2.24, 2.45) is 0 Å². The van der Waals surface area contributed by atoms with Gasteiger partial charge in [-0.25, -0.2) is 0 Å². The van der Waals surface area contributed by atoms with E-state index in [9.17, 15) is 0 Å². The number of halogens is 1. The van der Waals surface area contributed by atoms with E-state index in [1.165, 1.54) is 21.9 Å². The first-order valence-electron chi connectivity index (χ1n) is 5.05. The van der Waals surface area contributed by atoms with Crippen LogP contribution in [0.4, 0.5) is 0 Å². The third kappa shape index (κ3) is 2.23. The molecule has 1 heteroatoms. The van der Waals surface area contributed by atoms with Crippen LogP contribution >= 0.6 is 22.6 Å².